The highest BCUT2D eigenvalue weighted by Crippen LogP contribution is 2.25. The van der Waals surface area contributed by atoms with E-state index in [0.717, 1.165) is 17.7 Å². The van der Waals surface area contributed by atoms with Gasteiger partial charge >= 0.3 is 5.97 Å². The summed E-state index contributed by atoms with van der Waals surface area (Å²) in [6.45, 7) is 1.59. The number of carbonyl (C=O) groups excluding carboxylic acids is 4. The number of hydrogen-bond donors (Lipinski definition) is 1. The first-order valence-corrected chi connectivity index (χ1v) is 9.39. The maximum Gasteiger partial charge on any atom is 0.329 e. The SMILES string of the molecule is C[C@@H](C(=O)OCC(=O)NCC1CCCCC1)N1C(=O)c2ccccc2C1=O. The van der Waals surface area contributed by atoms with Crippen molar-refractivity contribution >= 4 is 23.7 Å². The van der Waals surface area contributed by atoms with Gasteiger partial charge < -0.3 is 10.1 Å². The zero-order chi connectivity index (χ0) is 19.4. The van der Waals surface area contributed by atoms with E-state index in [0.29, 0.717) is 12.5 Å². The van der Waals surface area contributed by atoms with Crippen molar-refractivity contribution in [3.63, 3.8) is 0 Å². The summed E-state index contributed by atoms with van der Waals surface area (Å²) < 4.78 is 5.02. The standard InChI is InChI=1S/C20H24N2O5/c1-13(22-18(24)15-9-5-6-10-16(15)19(22)25)20(26)27-12-17(23)21-11-14-7-3-2-4-8-14/h5-6,9-10,13-14H,2-4,7-8,11-12H2,1H3,(H,21,23)/t13-/m0/s1. The molecule has 1 aromatic carbocycles. The normalized spacial score (nSPS) is 18.2. The lowest BCUT2D eigenvalue weighted by Crippen LogP contribution is -2.44. The molecule has 144 valence electrons. The molecule has 7 heteroatoms. The Morgan fingerprint density at radius 3 is 2.30 bits per heavy atom. The van der Waals surface area contributed by atoms with Gasteiger partial charge in [-0.1, -0.05) is 31.4 Å². The van der Waals surface area contributed by atoms with Crippen LogP contribution in [-0.2, 0) is 14.3 Å². The number of benzene rings is 1. The van der Waals surface area contributed by atoms with Crippen LogP contribution in [0.4, 0.5) is 0 Å². The number of nitrogens with one attached hydrogen (secondary N) is 1. The molecule has 1 N–H and O–H groups in total. The van der Waals surface area contributed by atoms with Crippen molar-refractivity contribution < 1.29 is 23.9 Å². The number of imide groups is 1. The fourth-order valence-electron chi connectivity index (χ4n) is 3.62. The van der Waals surface area contributed by atoms with Crippen molar-refractivity contribution in [2.45, 2.75) is 45.1 Å². The number of hydrogen-bond acceptors (Lipinski definition) is 5. The first-order valence-electron chi connectivity index (χ1n) is 9.39. The number of amides is 3. The van der Waals surface area contributed by atoms with Crippen LogP contribution in [0.2, 0.25) is 0 Å². The van der Waals surface area contributed by atoms with Crippen LogP contribution < -0.4 is 5.32 Å². The van der Waals surface area contributed by atoms with E-state index in [1.807, 2.05) is 0 Å². The second kappa shape index (κ2) is 8.33. The van der Waals surface area contributed by atoms with Gasteiger partial charge in [-0.15, -0.1) is 0 Å². The molecule has 2 aliphatic rings. The number of nitrogens with zero attached hydrogens (tertiary/aromatic N) is 1. The molecule has 1 aromatic rings. The van der Waals surface area contributed by atoms with Crippen LogP contribution in [0.15, 0.2) is 24.3 Å². The first-order chi connectivity index (χ1) is 13.0. The van der Waals surface area contributed by atoms with Crippen molar-refractivity contribution in [2.75, 3.05) is 13.2 Å². The van der Waals surface area contributed by atoms with Crippen LogP contribution in [-0.4, -0.2) is 47.8 Å². The Morgan fingerprint density at radius 1 is 1.11 bits per heavy atom. The Bertz CT molecular complexity index is 719. The third-order valence-corrected chi connectivity index (χ3v) is 5.21. The van der Waals surface area contributed by atoms with Gasteiger partial charge in [-0.3, -0.25) is 19.3 Å². The molecule has 1 fully saturated rings. The van der Waals surface area contributed by atoms with Crippen molar-refractivity contribution in [2.24, 2.45) is 5.92 Å². The summed E-state index contributed by atoms with van der Waals surface area (Å²) in [4.78, 5) is 49.8. The van der Waals surface area contributed by atoms with Gasteiger partial charge in [0.1, 0.15) is 6.04 Å². The molecule has 0 aromatic heterocycles. The van der Waals surface area contributed by atoms with E-state index >= 15 is 0 Å². The third-order valence-electron chi connectivity index (χ3n) is 5.21. The summed E-state index contributed by atoms with van der Waals surface area (Å²) in [7, 11) is 0. The van der Waals surface area contributed by atoms with Gasteiger partial charge in [-0.05, 0) is 37.8 Å². The van der Waals surface area contributed by atoms with E-state index in [-0.39, 0.29) is 17.0 Å². The Kier molecular flexibility index (Phi) is 5.88. The lowest BCUT2D eigenvalue weighted by molar-refractivity contribution is -0.151. The molecule has 1 aliphatic heterocycles. The number of esters is 1. The van der Waals surface area contributed by atoms with E-state index in [1.165, 1.54) is 26.2 Å². The summed E-state index contributed by atoms with van der Waals surface area (Å²) >= 11 is 0. The number of ether oxygens (including phenoxy) is 1. The molecule has 0 radical (unpaired) electrons. The van der Waals surface area contributed by atoms with Crippen LogP contribution in [0, 0.1) is 5.92 Å². The Labute approximate surface area is 158 Å². The molecule has 0 bridgehead atoms. The topological polar surface area (TPSA) is 92.8 Å². The van der Waals surface area contributed by atoms with Gasteiger partial charge in [-0.25, -0.2) is 4.79 Å². The van der Waals surface area contributed by atoms with Gasteiger partial charge in [0, 0.05) is 6.54 Å². The van der Waals surface area contributed by atoms with Gasteiger partial charge in [0.25, 0.3) is 17.7 Å². The Morgan fingerprint density at radius 2 is 1.70 bits per heavy atom. The molecule has 3 rings (SSSR count). The monoisotopic (exact) mass is 372 g/mol. The molecule has 1 saturated carbocycles. The van der Waals surface area contributed by atoms with Crippen molar-refractivity contribution in [3.8, 4) is 0 Å². The minimum Gasteiger partial charge on any atom is -0.454 e. The smallest absolute Gasteiger partial charge is 0.329 e. The van der Waals surface area contributed by atoms with Gasteiger partial charge in [-0.2, -0.15) is 0 Å². The molecular weight excluding hydrogens is 348 g/mol. The van der Waals surface area contributed by atoms with Gasteiger partial charge in [0.05, 0.1) is 11.1 Å². The second-order valence-electron chi connectivity index (χ2n) is 7.12. The molecule has 0 spiro atoms. The summed E-state index contributed by atoms with van der Waals surface area (Å²) in [5, 5.41) is 2.78. The third kappa shape index (κ3) is 4.18. The van der Waals surface area contributed by atoms with Crippen LogP contribution in [0.3, 0.4) is 0 Å². The fourth-order valence-corrected chi connectivity index (χ4v) is 3.62. The van der Waals surface area contributed by atoms with Gasteiger partial charge in [0.15, 0.2) is 6.61 Å². The molecule has 7 nitrogen and oxygen atoms in total. The highest BCUT2D eigenvalue weighted by molar-refractivity contribution is 6.22. The Hall–Kier alpha value is -2.70. The molecular formula is C20H24N2O5. The zero-order valence-electron chi connectivity index (χ0n) is 15.4. The van der Waals surface area contributed by atoms with Gasteiger partial charge in [0.2, 0.25) is 0 Å². The summed E-state index contributed by atoms with van der Waals surface area (Å²) in [5.74, 6) is -1.72. The minimum atomic E-state index is -1.09. The lowest BCUT2D eigenvalue weighted by atomic mass is 9.89. The van der Waals surface area contributed by atoms with Crippen LogP contribution in [0.5, 0.6) is 0 Å². The molecule has 1 heterocycles. The van der Waals surface area contributed by atoms with E-state index < -0.39 is 30.4 Å². The molecule has 0 unspecified atom stereocenters. The first kappa shape index (κ1) is 19.1. The fraction of sp³-hybridized carbons (Fsp3) is 0.500. The summed E-state index contributed by atoms with van der Waals surface area (Å²) in [5.41, 5.74) is 0.541. The lowest BCUT2D eigenvalue weighted by Gasteiger charge is -2.22. The number of carbonyl (C=O) groups is 4. The predicted octanol–water partition coefficient (Wildman–Crippen LogP) is 1.91. The van der Waals surface area contributed by atoms with E-state index in [2.05, 4.69) is 5.32 Å². The predicted molar refractivity (Wildman–Crippen MR) is 96.9 cm³/mol. The molecule has 3 amide bonds. The Balaban J connectivity index is 1.49. The quantitative estimate of drug-likeness (QED) is 0.608. The van der Waals surface area contributed by atoms with Crippen molar-refractivity contribution in [1.82, 2.24) is 10.2 Å². The molecule has 0 saturated heterocycles. The highest BCUT2D eigenvalue weighted by Gasteiger charge is 2.41. The highest BCUT2D eigenvalue weighted by atomic mass is 16.5. The van der Waals surface area contributed by atoms with Crippen LogP contribution in [0.1, 0.15) is 59.7 Å². The minimum absolute atomic E-state index is 0.271. The average Bonchev–Trinajstić information content (AvgIpc) is 2.95. The average molecular weight is 372 g/mol. The second-order valence-corrected chi connectivity index (χ2v) is 7.12. The van der Waals surface area contributed by atoms with Crippen molar-refractivity contribution in [3.05, 3.63) is 35.4 Å². The summed E-state index contributed by atoms with van der Waals surface area (Å²) in [6, 6.07) is 5.32. The largest absolute Gasteiger partial charge is 0.454 e. The van der Waals surface area contributed by atoms with Crippen LogP contribution in [0.25, 0.3) is 0 Å². The summed E-state index contributed by atoms with van der Waals surface area (Å²) in [6.07, 6.45) is 5.84. The van der Waals surface area contributed by atoms with E-state index in [1.54, 1.807) is 24.3 Å². The number of rotatable bonds is 6. The molecule has 1 atom stereocenters. The van der Waals surface area contributed by atoms with E-state index in [9.17, 15) is 19.2 Å². The molecule has 1 aliphatic carbocycles. The maximum atomic E-state index is 12.4. The number of fused-ring (bicyclic) bond motifs is 1. The molecule has 27 heavy (non-hydrogen) atoms. The maximum absolute atomic E-state index is 12.4. The van der Waals surface area contributed by atoms with E-state index in [4.69, 9.17) is 4.74 Å². The van der Waals surface area contributed by atoms with Crippen LogP contribution >= 0.6 is 0 Å². The van der Waals surface area contributed by atoms with Crippen molar-refractivity contribution in [1.29, 1.82) is 0 Å². The zero-order valence-corrected chi connectivity index (χ0v) is 15.4.